The molecule has 1 saturated heterocycles. The van der Waals surface area contributed by atoms with Gasteiger partial charge in [0.25, 0.3) is 0 Å². The summed E-state index contributed by atoms with van der Waals surface area (Å²) in [5.74, 6) is 0.0831. The van der Waals surface area contributed by atoms with Crippen LogP contribution >= 0.6 is 0 Å². The van der Waals surface area contributed by atoms with E-state index in [1.165, 1.54) is 12.5 Å². The molecule has 4 aromatic heterocycles. The van der Waals surface area contributed by atoms with E-state index in [1.54, 1.807) is 29.0 Å². The minimum Gasteiger partial charge on any atom is -0.348 e. The van der Waals surface area contributed by atoms with Crippen molar-refractivity contribution in [2.24, 2.45) is 0 Å². The molecule has 0 unspecified atom stereocenters. The maximum atomic E-state index is 11.0. The Morgan fingerprint density at radius 3 is 2.76 bits per heavy atom. The number of carbonyl (C=O) groups excluding carboxylic acids is 2. The van der Waals surface area contributed by atoms with Crippen LogP contribution in [0.2, 0.25) is 0 Å². The van der Waals surface area contributed by atoms with E-state index < -0.39 is 0 Å². The van der Waals surface area contributed by atoms with E-state index in [-0.39, 0.29) is 5.91 Å². The van der Waals surface area contributed by atoms with Gasteiger partial charge in [0, 0.05) is 62.1 Å². The van der Waals surface area contributed by atoms with Crippen molar-refractivity contribution in [3.63, 3.8) is 0 Å². The zero-order valence-electron chi connectivity index (χ0n) is 19.4. The quantitative estimate of drug-likeness (QED) is 0.353. The van der Waals surface area contributed by atoms with Crippen LogP contribution in [0.3, 0.4) is 0 Å². The topological polar surface area (TPSA) is 99.5 Å². The van der Waals surface area contributed by atoms with Crippen molar-refractivity contribution in [3.8, 4) is 11.1 Å². The summed E-state index contributed by atoms with van der Waals surface area (Å²) in [6, 6.07) is 7.97. The van der Waals surface area contributed by atoms with Crippen LogP contribution < -0.4 is 0 Å². The zero-order chi connectivity index (χ0) is 23.9. The third kappa shape index (κ3) is 5.14. The molecule has 0 atom stereocenters. The fourth-order valence-electron chi connectivity index (χ4n) is 4.08. The minimum absolute atomic E-state index is 0.0831. The normalized spacial score (nSPS) is 13.4. The van der Waals surface area contributed by atoms with Crippen molar-refractivity contribution in [2.75, 3.05) is 26.7 Å². The molecule has 0 saturated carbocycles. The second-order valence-corrected chi connectivity index (χ2v) is 8.30. The average molecular weight is 460 g/mol. The van der Waals surface area contributed by atoms with Crippen LogP contribution in [0.25, 0.3) is 27.7 Å². The van der Waals surface area contributed by atoms with Gasteiger partial charge in [-0.25, -0.2) is 4.98 Å². The van der Waals surface area contributed by atoms with Crippen molar-refractivity contribution < 1.29 is 9.59 Å². The molecular formula is C25H29N7O2. The number of nitrogens with one attached hydrogen (secondary N) is 1. The zero-order valence-corrected chi connectivity index (χ0v) is 19.4. The molecule has 9 heteroatoms. The number of hydrogen-bond donors (Lipinski definition) is 1. The highest BCUT2D eigenvalue weighted by molar-refractivity contribution is 5.97. The number of pyridine rings is 1. The molecule has 176 valence electrons. The van der Waals surface area contributed by atoms with Gasteiger partial charge in [-0.1, -0.05) is 6.58 Å². The highest BCUT2D eigenvalue weighted by atomic mass is 16.2. The highest BCUT2D eigenvalue weighted by Crippen LogP contribution is 2.30. The monoisotopic (exact) mass is 459 g/mol. The summed E-state index contributed by atoms with van der Waals surface area (Å²) in [5, 5.41) is 9.56. The second-order valence-electron chi connectivity index (χ2n) is 8.30. The van der Waals surface area contributed by atoms with Gasteiger partial charge in [0.05, 0.1) is 11.7 Å². The second kappa shape index (κ2) is 10.7. The summed E-state index contributed by atoms with van der Waals surface area (Å²) in [6.45, 7) is 5.95. The molecule has 34 heavy (non-hydrogen) atoms. The molecule has 5 heterocycles. The van der Waals surface area contributed by atoms with Crippen molar-refractivity contribution in [1.82, 2.24) is 34.6 Å². The fourth-order valence-corrected chi connectivity index (χ4v) is 4.08. The predicted molar refractivity (Wildman–Crippen MR) is 131 cm³/mol. The Labute approximate surface area is 198 Å². The van der Waals surface area contributed by atoms with Crippen LogP contribution in [0, 0.1) is 0 Å². The van der Waals surface area contributed by atoms with Crippen molar-refractivity contribution >= 4 is 28.9 Å². The van der Waals surface area contributed by atoms with Crippen LogP contribution in [0.5, 0.6) is 0 Å². The Bertz CT molecular complexity index is 1290. The number of aromatic nitrogens is 5. The standard InChI is InChI=1S/C17H16N6O.C8H13NO/c1-22(11-24)8-5-12-9-14-13(4-7-18-17(14)21-12)15-10-20-23-16(15)3-2-6-19-23;1-2-8(10)9-6-4-3-5-7-9/h2-4,6-7,9-11H,5,8H2,1H3,(H,18,21);2H,1,3-7H2. The lowest BCUT2D eigenvalue weighted by atomic mass is 10.1. The number of aromatic amines is 1. The van der Waals surface area contributed by atoms with Crippen LogP contribution in [0.1, 0.15) is 25.0 Å². The summed E-state index contributed by atoms with van der Waals surface area (Å²) in [6.07, 6.45) is 11.9. The van der Waals surface area contributed by atoms with E-state index in [9.17, 15) is 9.59 Å². The van der Waals surface area contributed by atoms with Crippen molar-refractivity contribution in [1.29, 1.82) is 0 Å². The van der Waals surface area contributed by atoms with E-state index >= 15 is 0 Å². The van der Waals surface area contributed by atoms with Crippen LogP contribution in [-0.4, -0.2) is 73.6 Å². The van der Waals surface area contributed by atoms with E-state index in [4.69, 9.17) is 0 Å². The molecule has 0 aromatic carbocycles. The molecule has 1 aliphatic rings. The van der Waals surface area contributed by atoms with E-state index in [2.05, 4.69) is 32.8 Å². The molecule has 1 N–H and O–H groups in total. The van der Waals surface area contributed by atoms with Gasteiger partial charge in [0.2, 0.25) is 12.3 Å². The number of amides is 2. The van der Waals surface area contributed by atoms with Crippen LogP contribution in [-0.2, 0) is 16.0 Å². The number of carbonyl (C=O) groups is 2. The first kappa shape index (κ1) is 23.2. The summed E-state index contributed by atoms with van der Waals surface area (Å²) in [5.41, 5.74) is 4.92. The Kier molecular flexibility index (Phi) is 7.31. The van der Waals surface area contributed by atoms with Crippen LogP contribution in [0.4, 0.5) is 0 Å². The van der Waals surface area contributed by atoms with Gasteiger partial charge in [-0.15, -0.1) is 0 Å². The Balaban J connectivity index is 0.000000231. The molecule has 0 aliphatic carbocycles. The summed E-state index contributed by atoms with van der Waals surface area (Å²) in [4.78, 5) is 32.9. The first-order valence-corrected chi connectivity index (χ1v) is 11.4. The van der Waals surface area contributed by atoms with Gasteiger partial charge in [-0.2, -0.15) is 14.8 Å². The van der Waals surface area contributed by atoms with Gasteiger partial charge in [0.1, 0.15) is 5.65 Å². The number of rotatable bonds is 6. The molecule has 0 radical (unpaired) electrons. The third-order valence-corrected chi connectivity index (χ3v) is 5.94. The van der Waals surface area contributed by atoms with Crippen LogP contribution in [0.15, 0.2) is 55.5 Å². The number of fused-ring (bicyclic) bond motifs is 2. The number of hydrogen-bond acceptors (Lipinski definition) is 5. The largest absolute Gasteiger partial charge is 0.348 e. The molecule has 1 fully saturated rings. The molecule has 1 aliphatic heterocycles. The number of nitrogens with zero attached hydrogens (tertiary/aromatic N) is 6. The smallest absolute Gasteiger partial charge is 0.245 e. The van der Waals surface area contributed by atoms with Gasteiger partial charge in [-0.05, 0) is 55.2 Å². The summed E-state index contributed by atoms with van der Waals surface area (Å²) < 4.78 is 1.62. The Morgan fingerprint density at radius 1 is 1.18 bits per heavy atom. The average Bonchev–Trinajstić information content (AvgIpc) is 3.51. The maximum Gasteiger partial charge on any atom is 0.245 e. The lowest BCUT2D eigenvalue weighted by molar-refractivity contribution is -0.126. The molecule has 0 spiro atoms. The molecular weight excluding hydrogens is 430 g/mol. The number of likely N-dealkylation sites (tertiary alicyclic amines) is 1. The maximum absolute atomic E-state index is 11.0. The number of piperidine rings is 1. The van der Waals surface area contributed by atoms with Crippen molar-refractivity contribution in [2.45, 2.75) is 25.7 Å². The third-order valence-electron chi connectivity index (χ3n) is 5.94. The van der Waals surface area contributed by atoms with Crippen molar-refractivity contribution in [3.05, 3.63) is 61.2 Å². The highest BCUT2D eigenvalue weighted by Gasteiger charge is 2.14. The van der Waals surface area contributed by atoms with E-state index in [0.717, 1.165) is 72.1 Å². The Hall–Kier alpha value is -4.01. The minimum atomic E-state index is 0.0831. The summed E-state index contributed by atoms with van der Waals surface area (Å²) in [7, 11) is 1.77. The van der Waals surface area contributed by atoms with E-state index in [0.29, 0.717) is 6.54 Å². The predicted octanol–water partition coefficient (Wildman–Crippen LogP) is 3.09. The van der Waals surface area contributed by atoms with Gasteiger partial charge in [-0.3, -0.25) is 9.59 Å². The molecule has 5 rings (SSSR count). The molecule has 2 amide bonds. The molecule has 9 nitrogen and oxygen atoms in total. The summed E-state index contributed by atoms with van der Waals surface area (Å²) >= 11 is 0. The van der Waals surface area contributed by atoms with E-state index in [1.807, 2.05) is 29.3 Å². The Morgan fingerprint density at radius 2 is 2.00 bits per heavy atom. The molecule has 4 aromatic rings. The molecule has 0 bridgehead atoms. The number of H-pyrrole nitrogens is 1. The van der Waals surface area contributed by atoms with Gasteiger partial charge < -0.3 is 14.8 Å². The lowest BCUT2D eigenvalue weighted by Crippen LogP contribution is -2.34. The van der Waals surface area contributed by atoms with Gasteiger partial charge >= 0.3 is 0 Å². The first-order chi connectivity index (χ1) is 16.6. The number of likely N-dealkylation sites (N-methyl/N-ethyl adjacent to an activating group) is 1. The SMILES string of the molecule is C=CC(=O)N1CCCCC1.CN(C=O)CCc1cc2c(-c3cnn4ncccc34)ccnc2[nH]1. The van der Waals surface area contributed by atoms with Gasteiger partial charge in [0.15, 0.2) is 0 Å². The fraction of sp³-hybridized carbons (Fsp3) is 0.320. The lowest BCUT2D eigenvalue weighted by Gasteiger charge is -2.25. The first-order valence-electron chi connectivity index (χ1n) is 11.4.